The van der Waals surface area contributed by atoms with E-state index in [-0.39, 0.29) is 5.60 Å². The normalized spacial score (nSPS) is 28.2. The third-order valence-corrected chi connectivity index (χ3v) is 6.28. The Bertz CT molecular complexity index is 654. The molecule has 2 aliphatic heterocycles. The molecule has 0 aromatic heterocycles. The number of ether oxygens (including phenoxy) is 2. The summed E-state index contributed by atoms with van der Waals surface area (Å²) in [5, 5.41) is 0. The van der Waals surface area contributed by atoms with Crippen molar-refractivity contribution in [3.63, 3.8) is 0 Å². The first-order valence-corrected chi connectivity index (χ1v) is 9.87. The number of hydrogen-bond acceptors (Lipinski definition) is 4. The Balaban J connectivity index is 1.34. The fourth-order valence-corrected chi connectivity index (χ4v) is 4.43. The summed E-state index contributed by atoms with van der Waals surface area (Å²) in [6, 6.07) is 8.30. The molecule has 0 unspecified atom stereocenters. The van der Waals surface area contributed by atoms with E-state index in [0.717, 1.165) is 64.3 Å². The quantitative estimate of drug-likeness (QED) is 0.830. The Morgan fingerprint density at radius 1 is 1.31 bits per heavy atom. The number of amides is 1. The molecule has 3 fully saturated rings. The van der Waals surface area contributed by atoms with Crippen molar-refractivity contribution in [2.45, 2.75) is 38.3 Å². The molecule has 0 radical (unpaired) electrons. The van der Waals surface area contributed by atoms with Gasteiger partial charge < -0.3 is 14.4 Å². The van der Waals surface area contributed by atoms with Crippen molar-refractivity contribution in [3.8, 4) is 5.75 Å². The maximum absolute atomic E-state index is 12.5. The van der Waals surface area contributed by atoms with E-state index in [0.29, 0.717) is 17.7 Å². The number of carbonyl (C=O) groups excluding carboxylic acids is 1. The van der Waals surface area contributed by atoms with Gasteiger partial charge in [0.25, 0.3) is 0 Å². The smallest absolute Gasteiger partial charge is 0.225 e. The number of piperidine rings is 1. The van der Waals surface area contributed by atoms with Crippen molar-refractivity contribution in [2.24, 2.45) is 11.8 Å². The van der Waals surface area contributed by atoms with E-state index in [1.807, 2.05) is 12.1 Å². The average molecular weight is 358 g/mol. The minimum absolute atomic E-state index is 0.0803. The highest BCUT2D eigenvalue weighted by molar-refractivity contribution is 5.81. The summed E-state index contributed by atoms with van der Waals surface area (Å²) >= 11 is 0. The van der Waals surface area contributed by atoms with Crippen LogP contribution < -0.4 is 4.74 Å². The zero-order valence-corrected chi connectivity index (χ0v) is 15.9. The largest absolute Gasteiger partial charge is 0.497 e. The second kappa shape index (κ2) is 7.20. The van der Waals surface area contributed by atoms with Crippen LogP contribution in [0.4, 0.5) is 0 Å². The van der Waals surface area contributed by atoms with Crippen molar-refractivity contribution >= 4 is 5.91 Å². The summed E-state index contributed by atoms with van der Waals surface area (Å²) in [5.74, 6) is 2.16. The Hall–Kier alpha value is -1.59. The van der Waals surface area contributed by atoms with E-state index in [1.54, 1.807) is 7.11 Å². The van der Waals surface area contributed by atoms with Gasteiger partial charge in [0.2, 0.25) is 5.91 Å². The molecule has 1 aromatic carbocycles. The van der Waals surface area contributed by atoms with Crippen LogP contribution in [0.2, 0.25) is 0 Å². The molecule has 0 N–H and O–H groups in total. The average Bonchev–Trinajstić information content (AvgIpc) is 3.39. The van der Waals surface area contributed by atoms with Gasteiger partial charge in [0.05, 0.1) is 19.3 Å². The summed E-state index contributed by atoms with van der Waals surface area (Å²) in [7, 11) is 1.71. The van der Waals surface area contributed by atoms with Gasteiger partial charge in [-0.15, -0.1) is 0 Å². The lowest BCUT2D eigenvalue weighted by Crippen LogP contribution is -2.57. The first-order valence-electron chi connectivity index (χ1n) is 9.87. The van der Waals surface area contributed by atoms with Crippen LogP contribution >= 0.6 is 0 Å². The van der Waals surface area contributed by atoms with Crippen LogP contribution in [0, 0.1) is 11.8 Å². The number of rotatable bonds is 4. The Morgan fingerprint density at radius 3 is 2.77 bits per heavy atom. The van der Waals surface area contributed by atoms with E-state index >= 15 is 0 Å². The van der Waals surface area contributed by atoms with Crippen molar-refractivity contribution in [2.75, 3.05) is 39.9 Å². The lowest BCUT2D eigenvalue weighted by Gasteiger charge is -2.47. The first kappa shape index (κ1) is 17.8. The molecule has 2 atom stereocenters. The molecule has 26 heavy (non-hydrogen) atoms. The second-order valence-corrected chi connectivity index (χ2v) is 8.24. The highest BCUT2D eigenvalue weighted by atomic mass is 16.5. The molecule has 5 nitrogen and oxygen atoms in total. The Morgan fingerprint density at radius 2 is 2.08 bits per heavy atom. The molecule has 2 saturated heterocycles. The van der Waals surface area contributed by atoms with Crippen molar-refractivity contribution < 1.29 is 14.3 Å². The molecule has 1 spiro atoms. The fraction of sp³-hybridized carbons (Fsp3) is 0.667. The number of likely N-dealkylation sites (tertiary alicyclic amines) is 1. The number of morpholine rings is 1. The molecule has 3 aliphatic rings. The lowest BCUT2D eigenvalue weighted by atomic mass is 9.89. The maximum atomic E-state index is 12.5. The summed E-state index contributed by atoms with van der Waals surface area (Å²) < 4.78 is 11.6. The molecule has 4 rings (SSSR count). The lowest BCUT2D eigenvalue weighted by molar-refractivity contribution is -0.152. The molecule has 5 heteroatoms. The van der Waals surface area contributed by atoms with Crippen LogP contribution in [0.3, 0.4) is 0 Å². The van der Waals surface area contributed by atoms with Crippen LogP contribution in [0.1, 0.15) is 31.7 Å². The fourth-order valence-electron chi connectivity index (χ4n) is 4.43. The highest BCUT2D eigenvalue weighted by Crippen LogP contribution is 2.40. The van der Waals surface area contributed by atoms with Crippen LogP contribution in [0.25, 0.3) is 0 Å². The second-order valence-electron chi connectivity index (χ2n) is 8.24. The van der Waals surface area contributed by atoms with Gasteiger partial charge in [-0.25, -0.2) is 0 Å². The first-order chi connectivity index (χ1) is 12.6. The van der Waals surface area contributed by atoms with Crippen molar-refractivity contribution in [1.29, 1.82) is 0 Å². The third kappa shape index (κ3) is 3.74. The summed E-state index contributed by atoms with van der Waals surface area (Å²) in [5.41, 5.74) is 1.19. The standard InChI is InChI=1S/C21H30N2O3/c1-16-12-19(16)20(24)23-8-6-21(7-9-23)15-22(10-11-26-21)14-17-4-3-5-18(13-17)25-2/h3-5,13,16,19H,6-12,14-15H2,1-2H3/t16-,19+/m1/s1. The van der Waals surface area contributed by atoms with Gasteiger partial charge in [-0.1, -0.05) is 19.1 Å². The molecule has 1 saturated carbocycles. The van der Waals surface area contributed by atoms with Gasteiger partial charge in [-0.2, -0.15) is 0 Å². The van der Waals surface area contributed by atoms with Gasteiger partial charge in [0, 0.05) is 38.6 Å². The van der Waals surface area contributed by atoms with Gasteiger partial charge >= 0.3 is 0 Å². The van der Waals surface area contributed by atoms with Crippen LogP contribution in [-0.4, -0.2) is 61.2 Å². The molecule has 142 valence electrons. The summed E-state index contributed by atoms with van der Waals surface area (Å²) in [4.78, 5) is 17.0. The van der Waals surface area contributed by atoms with Gasteiger partial charge in [0.15, 0.2) is 0 Å². The zero-order valence-electron chi connectivity index (χ0n) is 15.9. The van der Waals surface area contributed by atoms with E-state index in [9.17, 15) is 4.79 Å². The highest BCUT2D eigenvalue weighted by Gasteiger charge is 2.45. The molecule has 0 bridgehead atoms. The van der Waals surface area contributed by atoms with Crippen molar-refractivity contribution in [1.82, 2.24) is 9.80 Å². The summed E-state index contributed by atoms with van der Waals surface area (Å²) in [6.45, 7) is 7.47. The Kier molecular flexibility index (Phi) is 4.93. The van der Waals surface area contributed by atoms with Gasteiger partial charge in [0.1, 0.15) is 5.75 Å². The minimum atomic E-state index is -0.0803. The molecule has 1 amide bonds. The predicted molar refractivity (Wildman–Crippen MR) is 100 cm³/mol. The third-order valence-electron chi connectivity index (χ3n) is 6.28. The van der Waals surface area contributed by atoms with E-state index in [4.69, 9.17) is 9.47 Å². The number of hydrogen-bond donors (Lipinski definition) is 0. The van der Waals surface area contributed by atoms with E-state index in [1.165, 1.54) is 5.56 Å². The number of methoxy groups -OCH3 is 1. The number of carbonyl (C=O) groups is 1. The van der Waals surface area contributed by atoms with E-state index in [2.05, 4.69) is 28.9 Å². The van der Waals surface area contributed by atoms with Gasteiger partial charge in [-0.05, 0) is 42.9 Å². The summed E-state index contributed by atoms with van der Waals surface area (Å²) in [6.07, 6.45) is 2.98. The molecule has 2 heterocycles. The molecule has 1 aromatic rings. The van der Waals surface area contributed by atoms with Crippen LogP contribution in [0.5, 0.6) is 5.75 Å². The predicted octanol–water partition coefficient (Wildman–Crippen LogP) is 2.54. The van der Waals surface area contributed by atoms with Crippen LogP contribution in [-0.2, 0) is 16.1 Å². The Labute approximate surface area is 156 Å². The van der Waals surface area contributed by atoms with Gasteiger partial charge in [-0.3, -0.25) is 9.69 Å². The monoisotopic (exact) mass is 358 g/mol. The number of benzene rings is 1. The topological polar surface area (TPSA) is 42.0 Å². The SMILES string of the molecule is COc1cccc(CN2CCOC3(CCN(C(=O)[C@H]4C[C@H]4C)CC3)C2)c1. The number of nitrogens with zero attached hydrogens (tertiary/aromatic N) is 2. The molecule has 1 aliphatic carbocycles. The zero-order chi connectivity index (χ0) is 18.1. The van der Waals surface area contributed by atoms with E-state index < -0.39 is 0 Å². The minimum Gasteiger partial charge on any atom is -0.497 e. The molecular formula is C21H30N2O3. The van der Waals surface area contributed by atoms with Crippen LogP contribution in [0.15, 0.2) is 24.3 Å². The van der Waals surface area contributed by atoms with Crippen molar-refractivity contribution in [3.05, 3.63) is 29.8 Å². The maximum Gasteiger partial charge on any atom is 0.225 e. The molecular weight excluding hydrogens is 328 g/mol.